The molecule has 5 nitrogen and oxygen atoms in total. The molecule has 0 aromatic heterocycles. The Kier molecular flexibility index (Phi) is 7.30. The average Bonchev–Trinajstić information content (AvgIpc) is 2.71. The molecule has 0 unspecified atom stereocenters. The largest absolute Gasteiger partial charge is 0.482 e. The van der Waals surface area contributed by atoms with Gasteiger partial charge in [-0.15, -0.1) is 0 Å². The lowest BCUT2D eigenvalue weighted by Crippen LogP contribution is -2.37. The highest BCUT2D eigenvalue weighted by molar-refractivity contribution is 6.25. The first-order valence-corrected chi connectivity index (χ1v) is 7.83. The van der Waals surface area contributed by atoms with Gasteiger partial charge in [-0.25, -0.2) is 4.90 Å². The van der Waals surface area contributed by atoms with Crippen LogP contribution >= 0.6 is 0 Å². The zero-order chi connectivity index (χ0) is 18.8. The lowest BCUT2D eigenvalue weighted by atomic mass is 10.1. The lowest BCUT2D eigenvalue weighted by Gasteiger charge is -2.21. The van der Waals surface area contributed by atoms with Crippen LogP contribution in [0.1, 0.15) is 20.7 Å². The second-order valence-corrected chi connectivity index (χ2v) is 5.13. The molecule has 0 saturated heterocycles. The van der Waals surface area contributed by atoms with Crippen molar-refractivity contribution in [1.82, 2.24) is 0 Å². The smallest absolute Gasteiger partial charge is 0.429 e. The number of hydrogen-bond donors (Lipinski definition) is 2. The minimum absolute atomic E-state index is 0. The third-order valence-corrected chi connectivity index (χ3v) is 3.46. The molecule has 6 heteroatoms. The molecular weight excluding hydrogens is 329 g/mol. The topological polar surface area (TPSA) is 77.8 Å². The highest BCUT2D eigenvalue weighted by Gasteiger charge is 2.25. The van der Waals surface area contributed by atoms with Crippen molar-refractivity contribution in [3.8, 4) is 0 Å². The monoisotopic (exact) mass is 346 g/mol. The Morgan fingerprint density at radius 1 is 0.615 bits per heavy atom. The molecule has 0 heterocycles. The second-order valence-electron chi connectivity index (χ2n) is 5.13. The Labute approximate surface area is 152 Å². The van der Waals surface area contributed by atoms with Crippen molar-refractivity contribution < 1.29 is 19.6 Å². The van der Waals surface area contributed by atoms with Gasteiger partial charge in [0, 0.05) is 11.1 Å². The number of benzene rings is 3. The summed E-state index contributed by atoms with van der Waals surface area (Å²) in [6, 6.07) is 26.6. The standard InChI is InChI=1S/C20H15NO2.BH2O2/c22-19(16-10-4-1-5-11-16)21(18-14-8-3-9-15-18)20(23)17-12-6-2-7-13-17;2-1-3/h1-15H;2-3H. The normalized spacial score (nSPS) is 9.46. The number of amides is 2. The molecule has 129 valence electrons. The summed E-state index contributed by atoms with van der Waals surface area (Å²) in [4.78, 5) is 26.9. The fraction of sp³-hybridized carbons (Fsp3) is 0. The number of rotatable bonds is 3. The second kappa shape index (κ2) is 9.93. The van der Waals surface area contributed by atoms with Gasteiger partial charge in [-0.1, -0.05) is 54.6 Å². The van der Waals surface area contributed by atoms with Crippen molar-refractivity contribution >= 4 is 25.2 Å². The van der Waals surface area contributed by atoms with E-state index in [0.717, 1.165) is 0 Å². The van der Waals surface area contributed by atoms with Crippen LogP contribution in [0.2, 0.25) is 0 Å². The Morgan fingerprint density at radius 3 is 1.27 bits per heavy atom. The molecule has 0 fully saturated rings. The van der Waals surface area contributed by atoms with Gasteiger partial charge in [-0.2, -0.15) is 0 Å². The molecular formula is C20H17BNO4. The minimum Gasteiger partial charge on any atom is -0.429 e. The van der Waals surface area contributed by atoms with E-state index >= 15 is 0 Å². The van der Waals surface area contributed by atoms with Crippen LogP contribution < -0.4 is 4.90 Å². The zero-order valence-electron chi connectivity index (χ0n) is 13.9. The average molecular weight is 346 g/mol. The molecule has 0 aliphatic heterocycles. The van der Waals surface area contributed by atoms with Crippen molar-refractivity contribution in [2.75, 3.05) is 4.90 Å². The summed E-state index contributed by atoms with van der Waals surface area (Å²) < 4.78 is 0. The van der Waals surface area contributed by atoms with E-state index in [1.807, 2.05) is 18.2 Å². The minimum atomic E-state index is -0.342. The molecule has 0 atom stereocenters. The Balaban J connectivity index is 0.000000758. The van der Waals surface area contributed by atoms with Gasteiger partial charge in [0.1, 0.15) is 0 Å². The van der Waals surface area contributed by atoms with Gasteiger partial charge in [-0.3, -0.25) is 9.59 Å². The molecule has 26 heavy (non-hydrogen) atoms. The van der Waals surface area contributed by atoms with E-state index in [-0.39, 0.29) is 19.5 Å². The van der Waals surface area contributed by atoms with Crippen LogP contribution in [0.15, 0.2) is 91.0 Å². The summed E-state index contributed by atoms with van der Waals surface area (Å²) >= 11 is 0. The summed E-state index contributed by atoms with van der Waals surface area (Å²) in [7, 11) is 0. The highest BCUT2D eigenvalue weighted by Crippen LogP contribution is 2.20. The fourth-order valence-electron chi connectivity index (χ4n) is 2.32. The molecule has 2 N–H and O–H groups in total. The quantitative estimate of drug-likeness (QED) is 0.565. The van der Waals surface area contributed by atoms with Gasteiger partial charge in [0.25, 0.3) is 11.8 Å². The van der Waals surface area contributed by atoms with Crippen molar-refractivity contribution in [1.29, 1.82) is 0 Å². The number of anilines is 1. The van der Waals surface area contributed by atoms with Gasteiger partial charge < -0.3 is 10.0 Å². The van der Waals surface area contributed by atoms with Crippen molar-refractivity contribution in [2.24, 2.45) is 0 Å². The maximum absolute atomic E-state index is 12.9. The van der Waals surface area contributed by atoms with E-state index in [2.05, 4.69) is 0 Å². The van der Waals surface area contributed by atoms with Gasteiger partial charge >= 0.3 is 7.69 Å². The van der Waals surface area contributed by atoms with Crippen LogP contribution in [-0.2, 0) is 0 Å². The number of carbonyl (C=O) groups excluding carboxylic acids is 2. The molecule has 0 aliphatic carbocycles. The summed E-state index contributed by atoms with van der Waals surface area (Å²) in [6.45, 7) is 0. The van der Waals surface area contributed by atoms with E-state index < -0.39 is 0 Å². The predicted molar refractivity (Wildman–Crippen MR) is 101 cm³/mol. The molecule has 3 aromatic rings. The van der Waals surface area contributed by atoms with Gasteiger partial charge in [-0.05, 0) is 36.4 Å². The molecule has 2 amide bonds. The SMILES string of the molecule is O=C(c1ccccc1)N(C(=O)c1ccccc1)c1ccccc1.O[B]O. The van der Waals surface area contributed by atoms with Crippen LogP contribution in [0, 0.1) is 0 Å². The Morgan fingerprint density at radius 2 is 0.923 bits per heavy atom. The van der Waals surface area contributed by atoms with E-state index in [4.69, 9.17) is 10.0 Å². The van der Waals surface area contributed by atoms with E-state index in [1.54, 1.807) is 72.8 Å². The molecule has 3 aromatic carbocycles. The number of hydrogen-bond acceptors (Lipinski definition) is 4. The van der Waals surface area contributed by atoms with Crippen molar-refractivity contribution in [3.05, 3.63) is 102 Å². The first kappa shape index (κ1) is 19.1. The van der Waals surface area contributed by atoms with Crippen LogP contribution in [0.25, 0.3) is 0 Å². The first-order valence-electron chi connectivity index (χ1n) is 7.83. The zero-order valence-corrected chi connectivity index (χ0v) is 13.9. The van der Waals surface area contributed by atoms with Crippen LogP contribution in [0.4, 0.5) is 5.69 Å². The van der Waals surface area contributed by atoms with Gasteiger partial charge in [0.15, 0.2) is 0 Å². The van der Waals surface area contributed by atoms with Crippen LogP contribution in [-0.4, -0.2) is 29.5 Å². The van der Waals surface area contributed by atoms with Crippen molar-refractivity contribution in [3.63, 3.8) is 0 Å². The maximum atomic E-state index is 12.9. The van der Waals surface area contributed by atoms with Crippen molar-refractivity contribution in [2.45, 2.75) is 0 Å². The lowest BCUT2D eigenvalue weighted by molar-refractivity contribution is 0.0897. The first-order chi connectivity index (χ1) is 12.7. The van der Waals surface area contributed by atoms with E-state index in [9.17, 15) is 9.59 Å². The maximum Gasteiger partial charge on any atom is 0.482 e. The van der Waals surface area contributed by atoms with Crippen LogP contribution in [0.5, 0.6) is 0 Å². The van der Waals surface area contributed by atoms with E-state index in [1.165, 1.54) is 4.90 Å². The fourth-order valence-corrected chi connectivity index (χ4v) is 2.32. The Hall–Kier alpha value is -3.22. The summed E-state index contributed by atoms with van der Waals surface area (Å²) in [5.74, 6) is -0.684. The summed E-state index contributed by atoms with van der Waals surface area (Å²) in [5, 5.41) is 14.0. The summed E-state index contributed by atoms with van der Waals surface area (Å²) in [5.41, 5.74) is 1.50. The number of carbonyl (C=O) groups is 2. The van der Waals surface area contributed by atoms with E-state index in [0.29, 0.717) is 16.8 Å². The number of para-hydroxylation sites is 1. The number of nitrogens with zero attached hydrogens (tertiary/aromatic N) is 1. The molecule has 1 radical (unpaired) electrons. The highest BCUT2D eigenvalue weighted by atomic mass is 16.4. The molecule has 0 spiro atoms. The third kappa shape index (κ3) is 4.89. The third-order valence-electron chi connectivity index (χ3n) is 3.46. The number of imide groups is 1. The Bertz CT molecular complexity index is 775. The predicted octanol–water partition coefficient (Wildman–Crippen LogP) is 2.68. The summed E-state index contributed by atoms with van der Waals surface area (Å²) in [6.07, 6.45) is 0. The molecule has 0 aliphatic rings. The van der Waals surface area contributed by atoms with Crippen LogP contribution in [0.3, 0.4) is 0 Å². The van der Waals surface area contributed by atoms with Gasteiger partial charge in [0.2, 0.25) is 0 Å². The van der Waals surface area contributed by atoms with Gasteiger partial charge in [0.05, 0.1) is 5.69 Å². The molecule has 0 bridgehead atoms. The molecule has 3 rings (SSSR count). The molecule has 0 saturated carbocycles.